The molecular formula is C11H12N6O2S. The molecule has 9 heteroatoms. The number of nitrogens with two attached hydrogens (primary N) is 1. The van der Waals surface area contributed by atoms with Crippen molar-refractivity contribution in [2.45, 2.75) is 5.03 Å². The van der Waals surface area contributed by atoms with E-state index in [0.717, 1.165) is 0 Å². The molecule has 104 valence electrons. The minimum atomic E-state index is -3.84. The molecule has 0 aromatic carbocycles. The number of nitrogen functional groups attached to an aromatic ring is 1. The molecule has 20 heavy (non-hydrogen) atoms. The fraction of sp³-hybridized carbons (Fsp3) is 0.0909. The summed E-state index contributed by atoms with van der Waals surface area (Å²) in [5.74, 6) is -0.0485. The summed E-state index contributed by atoms with van der Waals surface area (Å²) in [7, 11) is -2.15. The van der Waals surface area contributed by atoms with Crippen LogP contribution in [0.15, 0.2) is 41.8 Å². The molecule has 3 rings (SSSR count). The number of sulfonamides is 1. The van der Waals surface area contributed by atoms with Crippen LogP contribution in [0.1, 0.15) is 0 Å². The fourth-order valence-electron chi connectivity index (χ4n) is 1.94. The van der Waals surface area contributed by atoms with Gasteiger partial charge in [0.05, 0.1) is 11.9 Å². The number of pyridine rings is 1. The first-order valence-electron chi connectivity index (χ1n) is 5.71. The summed E-state index contributed by atoms with van der Waals surface area (Å²) in [5.41, 5.74) is 6.55. The highest BCUT2D eigenvalue weighted by molar-refractivity contribution is 7.92. The van der Waals surface area contributed by atoms with Gasteiger partial charge in [-0.2, -0.15) is 13.5 Å². The van der Waals surface area contributed by atoms with Crippen LogP contribution in [0, 0.1) is 0 Å². The molecule has 0 bridgehead atoms. The lowest BCUT2D eigenvalue weighted by Crippen LogP contribution is -2.16. The Kier molecular flexibility index (Phi) is 2.64. The van der Waals surface area contributed by atoms with Gasteiger partial charge >= 0.3 is 0 Å². The van der Waals surface area contributed by atoms with Gasteiger partial charge in [-0.3, -0.25) is 13.8 Å². The van der Waals surface area contributed by atoms with E-state index in [1.807, 2.05) is 0 Å². The number of hydrogen-bond acceptors (Lipinski definition) is 5. The van der Waals surface area contributed by atoms with Crippen LogP contribution in [-0.2, 0) is 17.1 Å². The summed E-state index contributed by atoms with van der Waals surface area (Å²) in [6.07, 6.45) is 4.56. The summed E-state index contributed by atoms with van der Waals surface area (Å²) >= 11 is 0. The second-order valence-corrected chi connectivity index (χ2v) is 5.84. The van der Waals surface area contributed by atoms with Gasteiger partial charge in [-0.05, 0) is 12.1 Å². The number of rotatable bonds is 3. The highest BCUT2D eigenvalue weighted by Crippen LogP contribution is 2.22. The van der Waals surface area contributed by atoms with E-state index in [0.29, 0.717) is 11.3 Å². The first kappa shape index (κ1) is 12.5. The van der Waals surface area contributed by atoms with Gasteiger partial charge in [0.2, 0.25) is 5.03 Å². The van der Waals surface area contributed by atoms with Gasteiger partial charge in [0.25, 0.3) is 10.0 Å². The highest BCUT2D eigenvalue weighted by atomic mass is 32.2. The average Bonchev–Trinajstić information content (AvgIpc) is 2.91. The maximum Gasteiger partial charge on any atom is 0.281 e. The van der Waals surface area contributed by atoms with E-state index in [9.17, 15) is 8.42 Å². The van der Waals surface area contributed by atoms with Crippen LogP contribution in [0.3, 0.4) is 0 Å². The molecular weight excluding hydrogens is 280 g/mol. The van der Waals surface area contributed by atoms with Crippen LogP contribution in [0.25, 0.3) is 5.65 Å². The van der Waals surface area contributed by atoms with Crippen molar-refractivity contribution >= 4 is 27.2 Å². The first-order valence-corrected chi connectivity index (χ1v) is 7.20. The van der Waals surface area contributed by atoms with Gasteiger partial charge in [0.1, 0.15) is 5.65 Å². The molecule has 3 N–H and O–H groups in total. The Morgan fingerprint density at radius 1 is 1.35 bits per heavy atom. The van der Waals surface area contributed by atoms with Crippen molar-refractivity contribution in [3.63, 3.8) is 0 Å². The number of fused-ring (bicyclic) bond motifs is 1. The molecule has 0 atom stereocenters. The minimum absolute atomic E-state index is 0.0485. The molecule has 0 spiro atoms. The fourth-order valence-corrected chi connectivity index (χ4v) is 3.18. The van der Waals surface area contributed by atoms with Crippen molar-refractivity contribution < 1.29 is 8.42 Å². The van der Waals surface area contributed by atoms with Crippen LogP contribution in [0.5, 0.6) is 0 Å². The lowest BCUT2D eigenvalue weighted by Gasteiger charge is -2.06. The molecule has 0 fully saturated rings. The average molecular weight is 292 g/mol. The topological polar surface area (TPSA) is 107 Å². The standard InChI is InChI=1S/C11H12N6O2S/c1-16-7-8(6-13-16)15-20(18,19)11-10(12)14-9-4-2-3-5-17(9)11/h2-7,15H,12H2,1H3. The van der Waals surface area contributed by atoms with Gasteiger partial charge in [0.15, 0.2) is 5.82 Å². The molecule has 0 unspecified atom stereocenters. The Balaban J connectivity index is 2.11. The first-order chi connectivity index (χ1) is 9.47. The van der Waals surface area contributed by atoms with Crippen LogP contribution >= 0.6 is 0 Å². The third kappa shape index (κ3) is 1.97. The van der Waals surface area contributed by atoms with E-state index < -0.39 is 10.0 Å². The monoisotopic (exact) mass is 292 g/mol. The predicted octanol–water partition coefficient (Wildman–Crippen LogP) is 0.451. The summed E-state index contributed by atoms with van der Waals surface area (Å²) in [4.78, 5) is 4.03. The number of nitrogens with zero attached hydrogens (tertiary/aromatic N) is 4. The Hall–Kier alpha value is -2.55. The van der Waals surface area contributed by atoms with E-state index in [1.54, 1.807) is 37.6 Å². The minimum Gasteiger partial charge on any atom is -0.381 e. The quantitative estimate of drug-likeness (QED) is 0.729. The van der Waals surface area contributed by atoms with Crippen LogP contribution in [-0.4, -0.2) is 27.6 Å². The molecule has 0 saturated heterocycles. The van der Waals surface area contributed by atoms with Gasteiger partial charge in [0, 0.05) is 19.4 Å². The van der Waals surface area contributed by atoms with Gasteiger partial charge in [-0.1, -0.05) is 6.07 Å². The Morgan fingerprint density at radius 2 is 2.15 bits per heavy atom. The third-order valence-corrected chi connectivity index (χ3v) is 4.14. The molecule has 0 amide bonds. The van der Waals surface area contributed by atoms with Gasteiger partial charge < -0.3 is 5.73 Å². The van der Waals surface area contributed by atoms with Crippen LogP contribution in [0.4, 0.5) is 11.5 Å². The largest absolute Gasteiger partial charge is 0.381 e. The van der Waals surface area contributed by atoms with Crippen molar-refractivity contribution in [3.05, 3.63) is 36.8 Å². The SMILES string of the molecule is Cn1cc(NS(=O)(=O)c2c(N)nc3ccccn23)cn1. The molecule has 3 aromatic heterocycles. The van der Waals surface area contributed by atoms with E-state index in [1.165, 1.54) is 15.3 Å². The number of imidazole rings is 1. The lowest BCUT2D eigenvalue weighted by atomic mass is 10.5. The summed E-state index contributed by atoms with van der Waals surface area (Å²) in [5, 5.41) is 3.82. The summed E-state index contributed by atoms with van der Waals surface area (Å²) in [6, 6.07) is 5.14. The zero-order chi connectivity index (χ0) is 14.3. The van der Waals surface area contributed by atoms with Crippen molar-refractivity contribution in [3.8, 4) is 0 Å². The number of hydrogen-bond donors (Lipinski definition) is 2. The Labute approximate surface area is 114 Å². The molecule has 0 aliphatic rings. The van der Waals surface area contributed by atoms with Crippen molar-refractivity contribution in [2.75, 3.05) is 10.5 Å². The maximum atomic E-state index is 12.4. The molecule has 3 heterocycles. The number of aromatic nitrogens is 4. The second kappa shape index (κ2) is 4.23. The van der Waals surface area contributed by atoms with Crippen LogP contribution < -0.4 is 10.5 Å². The molecule has 0 aliphatic carbocycles. The summed E-state index contributed by atoms with van der Waals surface area (Å²) in [6.45, 7) is 0. The summed E-state index contributed by atoms with van der Waals surface area (Å²) < 4.78 is 30.2. The molecule has 3 aromatic rings. The van der Waals surface area contributed by atoms with E-state index in [-0.39, 0.29) is 10.8 Å². The maximum absolute atomic E-state index is 12.4. The zero-order valence-electron chi connectivity index (χ0n) is 10.6. The zero-order valence-corrected chi connectivity index (χ0v) is 11.4. The molecule has 0 saturated carbocycles. The van der Waals surface area contributed by atoms with Crippen molar-refractivity contribution in [2.24, 2.45) is 7.05 Å². The molecule has 0 radical (unpaired) electrons. The van der Waals surface area contributed by atoms with Crippen LogP contribution in [0.2, 0.25) is 0 Å². The van der Waals surface area contributed by atoms with Gasteiger partial charge in [-0.25, -0.2) is 4.98 Å². The third-order valence-electron chi connectivity index (χ3n) is 2.72. The molecule has 0 aliphatic heterocycles. The number of anilines is 2. The highest BCUT2D eigenvalue weighted by Gasteiger charge is 2.24. The predicted molar refractivity (Wildman–Crippen MR) is 73.6 cm³/mol. The van der Waals surface area contributed by atoms with E-state index in [4.69, 9.17) is 5.73 Å². The Bertz CT molecular complexity index is 879. The van der Waals surface area contributed by atoms with Crippen molar-refractivity contribution in [1.29, 1.82) is 0 Å². The van der Waals surface area contributed by atoms with E-state index >= 15 is 0 Å². The smallest absolute Gasteiger partial charge is 0.281 e. The van der Waals surface area contributed by atoms with Gasteiger partial charge in [-0.15, -0.1) is 0 Å². The Morgan fingerprint density at radius 3 is 2.85 bits per heavy atom. The number of nitrogens with one attached hydrogen (secondary N) is 1. The lowest BCUT2D eigenvalue weighted by molar-refractivity contribution is 0.597. The normalized spacial score (nSPS) is 11.8. The second-order valence-electron chi connectivity index (χ2n) is 4.24. The number of aryl methyl sites for hydroxylation is 1. The molecule has 8 nitrogen and oxygen atoms in total. The van der Waals surface area contributed by atoms with Crippen molar-refractivity contribution in [1.82, 2.24) is 19.2 Å². The van der Waals surface area contributed by atoms with E-state index in [2.05, 4.69) is 14.8 Å².